The van der Waals surface area contributed by atoms with E-state index in [-0.39, 0.29) is 5.75 Å². The average molecular weight is 298 g/mol. The maximum atomic E-state index is 10.3. The van der Waals surface area contributed by atoms with Crippen molar-refractivity contribution in [2.75, 3.05) is 17.7 Å². The number of phenols is 1. The Kier molecular flexibility index (Phi) is 2.68. The van der Waals surface area contributed by atoms with Crippen LogP contribution in [-0.4, -0.2) is 12.2 Å². The number of aromatic hydroxyl groups is 1. The predicted octanol–water partition coefficient (Wildman–Crippen LogP) is 4.28. The van der Waals surface area contributed by atoms with Gasteiger partial charge in [0.05, 0.1) is 28.2 Å². The Hall–Kier alpha value is -2.40. The van der Waals surface area contributed by atoms with Crippen molar-refractivity contribution in [3.63, 3.8) is 0 Å². The van der Waals surface area contributed by atoms with Gasteiger partial charge in [0.1, 0.15) is 0 Å². The molecule has 3 aromatic rings. The second-order valence-electron chi connectivity index (χ2n) is 4.93. The number of phenolic OH excluding ortho intramolecular Hbond substituents is 1. The number of hydrogen-bond acceptors (Lipinski definition) is 5. The maximum absolute atomic E-state index is 10.3. The summed E-state index contributed by atoms with van der Waals surface area (Å²) < 4.78 is 6.04. The van der Waals surface area contributed by atoms with Crippen molar-refractivity contribution in [3.05, 3.63) is 42.0 Å². The zero-order valence-corrected chi connectivity index (χ0v) is 12.3. The highest BCUT2D eigenvalue weighted by molar-refractivity contribution is 7.23. The van der Waals surface area contributed by atoms with E-state index in [1.165, 1.54) is 5.56 Å². The van der Waals surface area contributed by atoms with Gasteiger partial charge in [0.2, 0.25) is 0 Å². The van der Waals surface area contributed by atoms with E-state index in [1.807, 2.05) is 30.3 Å². The topological polar surface area (TPSA) is 53.5 Å². The Bertz CT molecular complexity index is 842. The molecule has 0 aliphatic carbocycles. The Morgan fingerprint density at radius 2 is 1.95 bits per heavy atom. The van der Waals surface area contributed by atoms with Gasteiger partial charge in [-0.1, -0.05) is 12.1 Å². The fourth-order valence-electron chi connectivity index (χ4n) is 2.67. The highest BCUT2D eigenvalue weighted by atomic mass is 32.1. The number of fused-ring (bicyclic) bond motifs is 4. The number of hydrogen-bond donors (Lipinski definition) is 3. The molecule has 4 rings (SSSR count). The second kappa shape index (κ2) is 4.56. The predicted molar refractivity (Wildman–Crippen MR) is 87.1 cm³/mol. The molecule has 0 fully saturated rings. The summed E-state index contributed by atoms with van der Waals surface area (Å²) in [7, 11) is 1.56. The van der Waals surface area contributed by atoms with E-state index in [1.54, 1.807) is 18.4 Å². The second-order valence-corrected chi connectivity index (χ2v) is 5.95. The van der Waals surface area contributed by atoms with Gasteiger partial charge in [0.15, 0.2) is 11.5 Å². The first-order chi connectivity index (χ1) is 10.3. The van der Waals surface area contributed by atoms with E-state index >= 15 is 0 Å². The normalized spacial score (nSPS) is 12.8. The van der Waals surface area contributed by atoms with Crippen molar-refractivity contribution in [1.82, 2.24) is 0 Å². The van der Waals surface area contributed by atoms with Crippen LogP contribution in [-0.2, 0) is 6.54 Å². The standard InChI is InChI=1S/C16H14N2O2S/c1-20-13-7-6-9-10-8-17-11-4-2-3-5-12(11)18-16(10)21-15(9)14(13)19/h2-7,17-19H,8H2,1H3. The first-order valence-corrected chi connectivity index (χ1v) is 7.51. The van der Waals surface area contributed by atoms with Crippen LogP contribution in [0.15, 0.2) is 36.4 Å². The van der Waals surface area contributed by atoms with Gasteiger partial charge in [-0.25, -0.2) is 0 Å². The number of nitrogens with one attached hydrogen (secondary N) is 2. The molecule has 3 N–H and O–H groups in total. The molecule has 4 nitrogen and oxygen atoms in total. The lowest BCUT2D eigenvalue weighted by molar-refractivity contribution is 0.377. The molecule has 0 amide bonds. The van der Waals surface area contributed by atoms with E-state index in [0.29, 0.717) is 5.75 Å². The first-order valence-electron chi connectivity index (χ1n) is 6.69. The minimum atomic E-state index is 0.211. The van der Waals surface area contributed by atoms with Gasteiger partial charge >= 0.3 is 0 Å². The number of thiophene rings is 1. The minimum absolute atomic E-state index is 0.211. The van der Waals surface area contributed by atoms with Crippen molar-refractivity contribution < 1.29 is 9.84 Å². The fourth-order valence-corrected chi connectivity index (χ4v) is 3.84. The van der Waals surface area contributed by atoms with Gasteiger partial charge < -0.3 is 20.5 Å². The Balaban J connectivity index is 1.91. The van der Waals surface area contributed by atoms with E-state index in [9.17, 15) is 5.11 Å². The van der Waals surface area contributed by atoms with E-state index < -0.39 is 0 Å². The molecule has 2 aromatic carbocycles. The summed E-state index contributed by atoms with van der Waals surface area (Å²) in [6.45, 7) is 0.727. The molecule has 1 aliphatic heterocycles. The Morgan fingerprint density at radius 3 is 2.76 bits per heavy atom. The lowest BCUT2D eigenvalue weighted by Gasteiger charge is -2.07. The van der Waals surface area contributed by atoms with Crippen molar-refractivity contribution in [1.29, 1.82) is 0 Å². The number of methoxy groups -OCH3 is 1. The van der Waals surface area contributed by atoms with Crippen molar-refractivity contribution >= 4 is 37.8 Å². The fraction of sp³-hybridized carbons (Fsp3) is 0.125. The van der Waals surface area contributed by atoms with Crippen LogP contribution in [0.3, 0.4) is 0 Å². The van der Waals surface area contributed by atoms with Gasteiger partial charge in [-0.2, -0.15) is 0 Å². The molecule has 0 atom stereocenters. The summed E-state index contributed by atoms with van der Waals surface area (Å²) in [5.41, 5.74) is 3.31. The minimum Gasteiger partial charge on any atom is -0.503 e. The van der Waals surface area contributed by atoms with Crippen molar-refractivity contribution in [3.8, 4) is 11.5 Å². The van der Waals surface area contributed by atoms with E-state index in [2.05, 4.69) is 16.7 Å². The van der Waals surface area contributed by atoms with Crippen LogP contribution in [0.4, 0.5) is 16.4 Å². The molecule has 0 spiro atoms. The number of para-hydroxylation sites is 2. The summed E-state index contributed by atoms with van der Waals surface area (Å²) in [5, 5.41) is 19.3. The van der Waals surface area contributed by atoms with Gasteiger partial charge in [-0.3, -0.25) is 0 Å². The smallest absolute Gasteiger partial charge is 0.175 e. The van der Waals surface area contributed by atoms with Gasteiger partial charge in [0.25, 0.3) is 0 Å². The van der Waals surface area contributed by atoms with Gasteiger partial charge in [-0.05, 0) is 24.3 Å². The lowest BCUT2D eigenvalue weighted by Crippen LogP contribution is -1.96. The first kappa shape index (κ1) is 12.3. The molecule has 2 heterocycles. The number of benzene rings is 2. The summed E-state index contributed by atoms with van der Waals surface area (Å²) in [5.74, 6) is 0.718. The number of ether oxygens (including phenoxy) is 1. The molecule has 21 heavy (non-hydrogen) atoms. The zero-order valence-electron chi connectivity index (χ0n) is 11.4. The van der Waals surface area contributed by atoms with Gasteiger partial charge in [0, 0.05) is 17.5 Å². The van der Waals surface area contributed by atoms with Crippen LogP contribution in [0, 0.1) is 0 Å². The number of anilines is 3. The summed E-state index contributed by atoms with van der Waals surface area (Å²) in [6.07, 6.45) is 0. The molecule has 5 heteroatoms. The van der Waals surface area contributed by atoms with Crippen LogP contribution in [0.25, 0.3) is 10.1 Å². The van der Waals surface area contributed by atoms with Gasteiger partial charge in [-0.15, -0.1) is 11.3 Å². The maximum Gasteiger partial charge on any atom is 0.175 e. The molecular formula is C16H14N2O2S. The van der Waals surface area contributed by atoms with E-state index in [0.717, 1.165) is 33.0 Å². The summed E-state index contributed by atoms with van der Waals surface area (Å²) in [6, 6.07) is 11.9. The quantitative estimate of drug-likeness (QED) is 0.627. The third-order valence-electron chi connectivity index (χ3n) is 3.75. The molecule has 106 valence electrons. The van der Waals surface area contributed by atoms with Crippen LogP contribution in [0.5, 0.6) is 11.5 Å². The molecule has 0 radical (unpaired) electrons. The lowest BCUT2D eigenvalue weighted by atomic mass is 10.1. The van der Waals surface area contributed by atoms with Crippen molar-refractivity contribution in [2.45, 2.75) is 6.54 Å². The molecule has 1 aliphatic rings. The van der Waals surface area contributed by atoms with Crippen LogP contribution in [0.2, 0.25) is 0 Å². The zero-order chi connectivity index (χ0) is 14.4. The third kappa shape index (κ3) is 1.81. The molecular weight excluding hydrogens is 284 g/mol. The third-order valence-corrected chi connectivity index (χ3v) is 4.92. The Labute approximate surface area is 126 Å². The highest BCUT2D eigenvalue weighted by Gasteiger charge is 2.20. The molecule has 0 saturated carbocycles. The van der Waals surface area contributed by atoms with Crippen LogP contribution < -0.4 is 15.4 Å². The van der Waals surface area contributed by atoms with Crippen LogP contribution in [0.1, 0.15) is 5.56 Å². The summed E-state index contributed by atoms with van der Waals surface area (Å²) in [4.78, 5) is 0. The SMILES string of the molecule is COc1ccc2c3c(sc2c1O)Nc1ccccc1NC3. The van der Waals surface area contributed by atoms with Crippen molar-refractivity contribution in [2.24, 2.45) is 0 Å². The molecule has 0 unspecified atom stereocenters. The van der Waals surface area contributed by atoms with E-state index in [4.69, 9.17) is 4.74 Å². The molecule has 0 bridgehead atoms. The monoisotopic (exact) mass is 298 g/mol. The largest absolute Gasteiger partial charge is 0.503 e. The summed E-state index contributed by atoms with van der Waals surface area (Å²) >= 11 is 1.55. The van der Waals surface area contributed by atoms with Crippen LogP contribution >= 0.6 is 11.3 Å². The molecule has 0 saturated heterocycles. The average Bonchev–Trinajstić information content (AvgIpc) is 2.75. The Morgan fingerprint density at radius 1 is 1.14 bits per heavy atom. The molecule has 1 aromatic heterocycles. The highest BCUT2D eigenvalue weighted by Crippen LogP contribution is 2.47. The number of rotatable bonds is 1.